The Morgan fingerprint density at radius 1 is 1.00 bits per heavy atom. The highest BCUT2D eigenvalue weighted by molar-refractivity contribution is 7.89. The second-order valence-corrected chi connectivity index (χ2v) is 12.3. The van der Waals surface area contributed by atoms with Gasteiger partial charge >= 0.3 is 5.97 Å². The Balaban J connectivity index is 1.46. The molecule has 12 heteroatoms. The summed E-state index contributed by atoms with van der Waals surface area (Å²) in [5, 5.41) is 0. The number of fused-ring (bicyclic) bond motifs is 2. The smallest absolute Gasteiger partial charge is 0.307 e. The molecule has 3 aromatic rings. The van der Waals surface area contributed by atoms with Gasteiger partial charge in [0.15, 0.2) is 16.3 Å². The van der Waals surface area contributed by atoms with Gasteiger partial charge in [0.05, 0.1) is 28.1 Å². The van der Waals surface area contributed by atoms with Crippen LogP contribution < -0.4 is 14.3 Å². The highest BCUT2D eigenvalue weighted by Gasteiger charge is 2.25. The molecule has 0 saturated carbocycles. The van der Waals surface area contributed by atoms with Crippen molar-refractivity contribution in [2.75, 3.05) is 32.9 Å². The largest absolute Gasteiger partial charge is 0.486 e. The molecule has 0 unspecified atom stereocenters. The minimum Gasteiger partial charge on any atom is -0.486 e. The Hall–Kier alpha value is -3.22. The molecule has 0 spiro atoms. The molecule has 0 N–H and O–H groups in total. The van der Waals surface area contributed by atoms with Crippen molar-refractivity contribution in [3.63, 3.8) is 0 Å². The van der Waals surface area contributed by atoms with E-state index in [2.05, 4.69) is 4.99 Å². The monoisotopic (exact) mass is 573 g/mol. The van der Waals surface area contributed by atoms with Crippen LogP contribution in [0.3, 0.4) is 0 Å². The summed E-state index contributed by atoms with van der Waals surface area (Å²) >= 11 is 1.30. The van der Waals surface area contributed by atoms with Gasteiger partial charge in [-0.3, -0.25) is 9.59 Å². The standard InChI is InChI=1S/C27H31N3O7S2/c1-2-35-25(31)11-14-30-21-17-22-23(37-16-15-36-22)18-24(21)38-27(30)28-26(32)19-7-9-20(10-8-19)39(33,34)29-12-5-3-4-6-13-29/h7-10,17-18H,2-6,11-16H2,1H3. The normalized spacial score (nSPS) is 16.7. The maximum Gasteiger partial charge on any atom is 0.307 e. The Morgan fingerprint density at radius 3 is 2.33 bits per heavy atom. The molecule has 2 aliphatic rings. The fourth-order valence-corrected chi connectivity index (χ4v) is 7.28. The number of amides is 1. The molecule has 2 aliphatic heterocycles. The molecule has 2 aromatic carbocycles. The number of hydrogen-bond donors (Lipinski definition) is 0. The van der Waals surface area contributed by atoms with Crippen LogP contribution in [0, 0.1) is 0 Å². The van der Waals surface area contributed by atoms with Crippen molar-refractivity contribution < 1.29 is 32.2 Å². The van der Waals surface area contributed by atoms with Crippen molar-refractivity contribution >= 4 is 43.5 Å². The van der Waals surface area contributed by atoms with Gasteiger partial charge in [-0.15, -0.1) is 0 Å². The topological polar surface area (TPSA) is 117 Å². The number of aryl methyl sites for hydroxylation is 1. The van der Waals surface area contributed by atoms with Crippen LogP contribution >= 0.6 is 11.3 Å². The van der Waals surface area contributed by atoms with Crippen LogP contribution in [0.5, 0.6) is 11.5 Å². The highest BCUT2D eigenvalue weighted by atomic mass is 32.2. The number of hydrogen-bond acceptors (Lipinski definition) is 8. The van der Waals surface area contributed by atoms with E-state index >= 15 is 0 Å². The lowest BCUT2D eigenvalue weighted by atomic mass is 10.2. The summed E-state index contributed by atoms with van der Waals surface area (Å²) in [7, 11) is -3.62. The summed E-state index contributed by atoms with van der Waals surface area (Å²) in [4.78, 5) is 30.2. The number of rotatable bonds is 7. The third-order valence-electron chi connectivity index (χ3n) is 6.69. The number of benzene rings is 2. The van der Waals surface area contributed by atoms with Gasteiger partial charge < -0.3 is 18.8 Å². The number of carbonyl (C=O) groups is 2. The Bertz CT molecular complexity index is 1530. The first kappa shape index (κ1) is 27.4. The van der Waals surface area contributed by atoms with Gasteiger partial charge in [0.1, 0.15) is 13.2 Å². The number of nitrogens with zero attached hydrogens (tertiary/aromatic N) is 3. The summed E-state index contributed by atoms with van der Waals surface area (Å²) in [5.41, 5.74) is 1.03. The molecule has 208 valence electrons. The Labute approximate surface area is 230 Å². The van der Waals surface area contributed by atoms with Crippen molar-refractivity contribution in [2.24, 2.45) is 4.99 Å². The van der Waals surface area contributed by atoms with Crippen LogP contribution in [0.2, 0.25) is 0 Å². The second kappa shape index (κ2) is 11.9. The number of esters is 1. The fraction of sp³-hybridized carbons (Fsp3) is 0.444. The van der Waals surface area contributed by atoms with E-state index in [9.17, 15) is 18.0 Å². The molecule has 0 atom stereocenters. The van der Waals surface area contributed by atoms with Crippen molar-refractivity contribution in [3.05, 3.63) is 46.8 Å². The SMILES string of the molecule is CCOC(=O)CCn1c(=NC(=O)c2ccc(S(=O)(=O)N3CCCCCC3)cc2)sc2cc3c(cc21)OCCO3. The van der Waals surface area contributed by atoms with Crippen molar-refractivity contribution in [1.29, 1.82) is 0 Å². The Morgan fingerprint density at radius 2 is 1.67 bits per heavy atom. The highest BCUT2D eigenvalue weighted by Crippen LogP contribution is 2.35. The Kier molecular flexibility index (Phi) is 8.34. The number of carbonyl (C=O) groups excluding carboxylic acids is 2. The lowest BCUT2D eigenvalue weighted by molar-refractivity contribution is -0.143. The summed E-state index contributed by atoms with van der Waals surface area (Å²) in [6.45, 7) is 4.20. The number of aromatic nitrogens is 1. The first-order valence-corrected chi connectivity index (χ1v) is 15.4. The van der Waals surface area contributed by atoms with E-state index in [1.165, 1.54) is 39.9 Å². The summed E-state index contributed by atoms with van der Waals surface area (Å²) in [6.07, 6.45) is 3.86. The number of ether oxygens (including phenoxy) is 3. The molecule has 1 fully saturated rings. The van der Waals surface area contributed by atoms with Gasteiger partial charge in [-0.05, 0) is 44.0 Å². The molecule has 10 nitrogen and oxygen atoms in total. The first-order valence-electron chi connectivity index (χ1n) is 13.1. The van der Waals surface area contributed by atoms with Crippen molar-refractivity contribution in [2.45, 2.75) is 50.5 Å². The predicted octanol–water partition coefficient (Wildman–Crippen LogP) is 3.73. The van der Waals surface area contributed by atoms with E-state index < -0.39 is 15.9 Å². The summed E-state index contributed by atoms with van der Waals surface area (Å²) in [6, 6.07) is 9.59. The van der Waals surface area contributed by atoms with E-state index in [1.807, 2.05) is 12.1 Å². The van der Waals surface area contributed by atoms with Gasteiger partial charge in [-0.1, -0.05) is 24.2 Å². The van der Waals surface area contributed by atoms with Crippen LogP contribution in [0.1, 0.15) is 49.4 Å². The predicted molar refractivity (Wildman–Crippen MR) is 146 cm³/mol. The minimum absolute atomic E-state index is 0.110. The van der Waals surface area contributed by atoms with Gasteiger partial charge in [0, 0.05) is 37.3 Å². The van der Waals surface area contributed by atoms with Crippen molar-refractivity contribution in [3.8, 4) is 11.5 Å². The zero-order valence-electron chi connectivity index (χ0n) is 21.8. The third kappa shape index (κ3) is 6.02. The third-order valence-corrected chi connectivity index (χ3v) is 9.65. The first-order chi connectivity index (χ1) is 18.9. The van der Waals surface area contributed by atoms with Crippen LogP contribution in [0.25, 0.3) is 10.2 Å². The zero-order chi connectivity index (χ0) is 27.4. The van der Waals surface area contributed by atoms with Crippen LogP contribution in [0.15, 0.2) is 46.3 Å². The molecule has 1 aromatic heterocycles. The van der Waals surface area contributed by atoms with E-state index in [0.717, 1.165) is 35.9 Å². The van der Waals surface area contributed by atoms with Crippen LogP contribution in [0.4, 0.5) is 0 Å². The average molecular weight is 574 g/mol. The van der Waals surface area contributed by atoms with Gasteiger partial charge in [0.25, 0.3) is 5.91 Å². The molecular weight excluding hydrogens is 542 g/mol. The lowest BCUT2D eigenvalue weighted by Gasteiger charge is -2.19. The molecule has 5 rings (SSSR count). The quantitative estimate of drug-likeness (QED) is 0.396. The lowest BCUT2D eigenvalue weighted by Crippen LogP contribution is -2.31. The van der Waals surface area contributed by atoms with Gasteiger partial charge in [-0.2, -0.15) is 9.30 Å². The maximum atomic E-state index is 13.2. The van der Waals surface area contributed by atoms with E-state index in [0.29, 0.717) is 42.6 Å². The molecule has 0 bridgehead atoms. The fourth-order valence-electron chi connectivity index (χ4n) is 4.70. The van der Waals surface area contributed by atoms with Gasteiger partial charge in [0.2, 0.25) is 10.0 Å². The van der Waals surface area contributed by atoms with E-state index in [1.54, 1.807) is 11.5 Å². The molecule has 1 saturated heterocycles. The van der Waals surface area contributed by atoms with Crippen LogP contribution in [-0.2, 0) is 26.1 Å². The molecule has 1 amide bonds. The molecule has 0 radical (unpaired) electrons. The van der Waals surface area contributed by atoms with E-state index in [4.69, 9.17) is 14.2 Å². The maximum absolute atomic E-state index is 13.2. The summed E-state index contributed by atoms with van der Waals surface area (Å²) in [5.74, 6) is 0.352. The molecular formula is C27H31N3O7S2. The zero-order valence-corrected chi connectivity index (χ0v) is 23.4. The van der Waals surface area contributed by atoms with E-state index in [-0.39, 0.29) is 36.0 Å². The molecule has 39 heavy (non-hydrogen) atoms. The van der Waals surface area contributed by atoms with Gasteiger partial charge in [-0.25, -0.2) is 8.42 Å². The molecule has 0 aliphatic carbocycles. The van der Waals surface area contributed by atoms with Crippen molar-refractivity contribution in [1.82, 2.24) is 8.87 Å². The second-order valence-electron chi connectivity index (χ2n) is 9.31. The summed E-state index contributed by atoms with van der Waals surface area (Å²) < 4.78 is 46.8. The minimum atomic E-state index is -3.62. The van der Waals surface area contributed by atoms with Crippen LogP contribution in [-0.4, -0.2) is 62.1 Å². The average Bonchev–Trinajstić information content (AvgIpc) is 3.09. The number of thiazole rings is 1. The molecule has 3 heterocycles. The number of sulfonamides is 1.